The van der Waals surface area contributed by atoms with Crippen LogP contribution in [0, 0.1) is 5.92 Å². The highest BCUT2D eigenvalue weighted by molar-refractivity contribution is 7.99. The molecule has 31 heavy (non-hydrogen) atoms. The van der Waals surface area contributed by atoms with Crippen LogP contribution in [-0.4, -0.2) is 27.1 Å². The summed E-state index contributed by atoms with van der Waals surface area (Å²) in [6.07, 6.45) is 0. The Kier molecular flexibility index (Phi) is 7.35. The number of thioether (sulfide) groups is 1. The van der Waals surface area contributed by atoms with Crippen LogP contribution >= 0.6 is 23.4 Å². The largest absolute Gasteiger partial charge is 0.326 e. The molecule has 3 aromatic rings. The first kappa shape index (κ1) is 22.8. The Labute approximate surface area is 189 Å². The normalized spacial score (nSPS) is 11.0. The van der Waals surface area contributed by atoms with Gasteiger partial charge in [0.15, 0.2) is 5.16 Å². The van der Waals surface area contributed by atoms with Crippen LogP contribution in [-0.2, 0) is 16.1 Å². The molecule has 2 N–H and O–H groups in total. The number of carbonyl (C=O) groups excluding carboxylic acids is 2. The quantitative estimate of drug-likeness (QED) is 0.404. The van der Waals surface area contributed by atoms with E-state index in [1.165, 1.54) is 18.7 Å². The Hall–Kier alpha value is -2.84. The molecule has 0 atom stereocenters. The number of halogens is 1. The molecule has 7 nitrogen and oxygen atoms in total. The molecule has 2 amide bonds. The highest BCUT2D eigenvalue weighted by Gasteiger charge is 2.15. The maximum Gasteiger partial charge on any atom is 0.262 e. The van der Waals surface area contributed by atoms with Gasteiger partial charge in [0.05, 0.1) is 16.7 Å². The second-order valence-electron chi connectivity index (χ2n) is 7.46. The number of hydrogen-bond acceptors (Lipinski definition) is 5. The van der Waals surface area contributed by atoms with E-state index in [-0.39, 0.29) is 29.0 Å². The highest BCUT2D eigenvalue weighted by Crippen LogP contribution is 2.22. The molecule has 0 saturated heterocycles. The van der Waals surface area contributed by atoms with Crippen LogP contribution in [0.5, 0.6) is 0 Å². The minimum atomic E-state index is -0.244. The standard InChI is InChI=1S/C22H23ClN4O3S/c1-13(2)11-27-21(30)18-9-15(23)7-8-19(18)26-22(27)31-12-20(29)25-17-6-4-5-16(10-17)24-14(3)28/h4-10,13H,11-12H2,1-3H3,(H,24,28)(H,25,29). The number of carbonyl (C=O) groups is 2. The number of anilines is 2. The fourth-order valence-electron chi connectivity index (χ4n) is 3.01. The molecule has 0 spiro atoms. The third-order valence-corrected chi connectivity index (χ3v) is 5.44. The van der Waals surface area contributed by atoms with E-state index in [0.29, 0.717) is 39.0 Å². The van der Waals surface area contributed by atoms with Crippen LogP contribution in [0.25, 0.3) is 10.9 Å². The molecular weight excluding hydrogens is 436 g/mol. The molecule has 2 aromatic carbocycles. The Morgan fingerprint density at radius 3 is 2.52 bits per heavy atom. The molecule has 0 aliphatic heterocycles. The van der Waals surface area contributed by atoms with Crippen molar-refractivity contribution in [2.45, 2.75) is 32.5 Å². The molecule has 3 rings (SSSR count). The predicted octanol–water partition coefficient (Wildman–Crippen LogP) is 4.40. The Balaban J connectivity index is 1.79. The van der Waals surface area contributed by atoms with Gasteiger partial charge in [0, 0.05) is 29.9 Å². The van der Waals surface area contributed by atoms with Crippen molar-refractivity contribution in [3.63, 3.8) is 0 Å². The van der Waals surface area contributed by atoms with Gasteiger partial charge in [-0.3, -0.25) is 19.0 Å². The number of rotatable bonds is 7. The second kappa shape index (κ2) is 9.98. The lowest BCUT2D eigenvalue weighted by molar-refractivity contribution is -0.114. The zero-order chi connectivity index (χ0) is 22.5. The lowest BCUT2D eigenvalue weighted by Gasteiger charge is -2.15. The van der Waals surface area contributed by atoms with Gasteiger partial charge in [0.2, 0.25) is 11.8 Å². The first-order chi connectivity index (χ1) is 14.7. The number of fused-ring (bicyclic) bond motifs is 1. The number of hydrogen-bond donors (Lipinski definition) is 2. The lowest BCUT2D eigenvalue weighted by atomic mass is 10.2. The molecule has 0 unspecified atom stereocenters. The van der Waals surface area contributed by atoms with Gasteiger partial charge < -0.3 is 10.6 Å². The zero-order valence-electron chi connectivity index (χ0n) is 17.4. The molecule has 0 saturated carbocycles. The summed E-state index contributed by atoms with van der Waals surface area (Å²) in [7, 11) is 0. The monoisotopic (exact) mass is 458 g/mol. The minimum Gasteiger partial charge on any atom is -0.326 e. The highest BCUT2D eigenvalue weighted by atomic mass is 35.5. The first-order valence-corrected chi connectivity index (χ1v) is 11.1. The van der Waals surface area contributed by atoms with Gasteiger partial charge in [-0.1, -0.05) is 43.3 Å². The second-order valence-corrected chi connectivity index (χ2v) is 8.84. The van der Waals surface area contributed by atoms with Gasteiger partial charge in [-0.05, 0) is 42.3 Å². The lowest BCUT2D eigenvalue weighted by Crippen LogP contribution is -2.26. The van der Waals surface area contributed by atoms with Crippen molar-refractivity contribution in [2.75, 3.05) is 16.4 Å². The van der Waals surface area contributed by atoms with Crippen molar-refractivity contribution in [3.8, 4) is 0 Å². The van der Waals surface area contributed by atoms with Crippen molar-refractivity contribution in [3.05, 3.63) is 57.8 Å². The van der Waals surface area contributed by atoms with E-state index in [2.05, 4.69) is 15.6 Å². The van der Waals surface area contributed by atoms with Crippen LogP contribution in [0.2, 0.25) is 5.02 Å². The summed E-state index contributed by atoms with van der Waals surface area (Å²) in [5.74, 6) is -0.133. The smallest absolute Gasteiger partial charge is 0.262 e. The number of nitrogens with zero attached hydrogens (tertiary/aromatic N) is 2. The molecule has 9 heteroatoms. The van der Waals surface area contributed by atoms with Gasteiger partial charge in [-0.15, -0.1) is 0 Å². The average molecular weight is 459 g/mol. The molecule has 0 aliphatic carbocycles. The van der Waals surface area contributed by atoms with E-state index in [9.17, 15) is 14.4 Å². The Bertz CT molecular complexity index is 1190. The van der Waals surface area contributed by atoms with Gasteiger partial charge in [-0.2, -0.15) is 0 Å². The van der Waals surface area contributed by atoms with Crippen LogP contribution in [0.1, 0.15) is 20.8 Å². The average Bonchev–Trinajstić information content (AvgIpc) is 2.69. The summed E-state index contributed by atoms with van der Waals surface area (Å²) < 4.78 is 1.60. The van der Waals surface area contributed by atoms with Gasteiger partial charge in [0.1, 0.15) is 0 Å². The van der Waals surface area contributed by atoms with Gasteiger partial charge in [-0.25, -0.2) is 4.98 Å². The Morgan fingerprint density at radius 1 is 1.13 bits per heavy atom. The van der Waals surface area contributed by atoms with Crippen LogP contribution in [0.15, 0.2) is 52.4 Å². The molecule has 0 radical (unpaired) electrons. The number of benzene rings is 2. The maximum absolute atomic E-state index is 13.0. The van der Waals surface area contributed by atoms with E-state index in [1.807, 2.05) is 13.8 Å². The van der Waals surface area contributed by atoms with E-state index in [1.54, 1.807) is 47.0 Å². The number of amides is 2. The van der Waals surface area contributed by atoms with Crippen LogP contribution in [0.3, 0.4) is 0 Å². The van der Waals surface area contributed by atoms with Crippen molar-refractivity contribution in [1.29, 1.82) is 0 Å². The summed E-state index contributed by atoms with van der Waals surface area (Å²) >= 11 is 7.25. The third-order valence-electron chi connectivity index (χ3n) is 4.23. The summed E-state index contributed by atoms with van der Waals surface area (Å²) in [6, 6.07) is 11.9. The van der Waals surface area contributed by atoms with Crippen molar-refractivity contribution in [1.82, 2.24) is 9.55 Å². The fourth-order valence-corrected chi connectivity index (χ4v) is 3.99. The van der Waals surface area contributed by atoms with Crippen LogP contribution in [0.4, 0.5) is 11.4 Å². The number of nitrogens with one attached hydrogen (secondary N) is 2. The van der Waals surface area contributed by atoms with E-state index < -0.39 is 0 Å². The molecule has 0 aliphatic rings. The van der Waals surface area contributed by atoms with Gasteiger partial charge >= 0.3 is 0 Å². The molecule has 0 bridgehead atoms. The maximum atomic E-state index is 13.0. The molecular formula is C22H23ClN4O3S. The SMILES string of the molecule is CC(=O)Nc1cccc(NC(=O)CSc2nc3ccc(Cl)cc3c(=O)n2CC(C)C)c1. The van der Waals surface area contributed by atoms with Crippen molar-refractivity contribution < 1.29 is 9.59 Å². The summed E-state index contributed by atoms with van der Waals surface area (Å²) in [6.45, 7) is 5.93. The molecule has 0 fully saturated rings. The zero-order valence-corrected chi connectivity index (χ0v) is 19.0. The Morgan fingerprint density at radius 2 is 1.84 bits per heavy atom. The van der Waals surface area contributed by atoms with E-state index in [4.69, 9.17) is 11.6 Å². The van der Waals surface area contributed by atoms with Crippen LogP contribution < -0.4 is 16.2 Å². The first-order valence-electron chi connectivity index (χ1n) is 9.73. The minimum absolute atomic E-state index is 0.0774. The third kappa shape index (κ3) is 6.08. The van der Waals surface area contributed by atoms with E-state index in [0.717, 1.165) is 0 Å². The van der Waals surface area contributed by atoms with Gasteiger partial charge in [0.25, 0.3) is 5.56 Å². The van der Waals surface area contributed by atoms with E-state index >= 15 is 0 Å². The number of aromatic nitrogens is 2. The summed E-state index contributed by atoms with van der Waals surface area (Å²) in [5, 5.41) is 6.89. The fraction of sp³-hybridized carbons (Fsp3) is 0.273. The van der Waals surface area contributed by atoms with Crippen molar-refractivity contribution >= 4 is 57.5 Å². The van der Waals surface area contributed by atoms with Crippen molar-refractivity contribution in [2.24, 2.45) is 5.92 Å². The molecule has 1 aromatic heterocycles. The summed E-state index contributed by atoms with van der Waals surface area (Å²) in [4.78, 5) is 41.3. The topological polar surface area (TPSA) is 93.1 Å². The molecule has 162 valence electrons. The molecule has 1 heterocycles. The predicted molar refractivity (Wildman–Crippen MR) is 126 cm³/mol. The summed E-state index contributed by atoms with van der Waals surface area (Å²) in [5.41, 5.74) is 1.53.